The van der Waals surface area contributed by atoms with Crippen LogP contribution in [0.15, 0.2) is 12.1 Å². The standard InChI is InChI=1S/C13H15F2NO2/c1-13(2)6-16-11(12(17)18-3)8-4-7(14)5-9(15)10(8)13/h4-5,11,16H,6H2,1-3H3. The summed E-state index contributed by atoms with van der Waals surface area (Å²) in [5.74, 6) is -1.86. The Kier molecular flexibility index (Phi) is 3.11. The molecule has 1 aromatic carbocycles. The number of hydrogen-bond acceptors (Lipinski definition) is 3. The molecular formula is C13H15F2NO2. The number of carbonyl (C=O) groups excluding carboxylic acids is 1. The van der Waals surface area contributed by atoms with Crippen molar-refractivity contribution in [3.63, 3.8) is 0 Å². The monoisotopic (exact) mass is 255 g/mol. The Morgan fingerprint density at radius 2 is 2.11 bits per heavy atom. The Morgan fingerprint density at radius 3 is 2.72 bits per heavy atom. The third-order valence-electron chi connectivity index (χ3n) is 3.26. The molecule has 0 bridgehead atoms. The third kappa shape index (κ3) is 1.99. The van der Waals surface area contributed by atoms with Gasteiger partial charge in [0.2, 0.25) is 0 Å². The van der Waals surface area contributed by atoms with Crippen LogP contribution in [0.2, 0.25) is 0 Å². The third-order valence-corrected chi connectivity index (χ3v) is 3.26. The predicted molar refractivity (Wildman–Crippen MR) is 62.1 cm³/mol. The van der Waals surface area contributed by atoms with Crippen molar-refractivity contribution in [1.29, 1.82) is 0 Å². The number of carbonyl (C=O) groups is 1. The lowest BCUT2D eigenvalue weighted by molar-refractivity contribution is -0.143. The van der Waals surface area contributed by atoms with Gasteiger partial charge in [0.1, 0.15) is 17.7 Å². The molecule has 0 aliphatic carbocycles. The lowest BCUT2D eigenvalue weighted by Gasteiger charge is -2.37. The quantitative estimate of drug-likeness (QED) is 0.781. The maximum Gasteiger partial charge on any atom is 0.327 e. The van der Waals surface area contributed by atoms with E-state index in [-0.39, 0.29) is 0 Å². The van der Waals surface area contributed by atoms with Crippen molar-refractivity contribution in [3.05, 3.63) is 34.9 Å². The molecule has 1 aliphatic rings. The summed E-state index contributed by atoms with van der Waals surface area (Å²) in [5, 5.41) is 2.96. The number of hydrogen-bond donors (Lipinski definition) is 1. The SMILES string of the molecule is COC(=O)C1NCC(C)(C)c2c(F)cc(F)cc21. The molecule has 98 valence electrons. The highest BCUT2D eigenvalue weighted by Crippen LogP contribution is 2.37. The molecule has 0 radical (unpaired) electrons. The summed E-state index contributed by atoms with van der Waals surface area (Å²) in [6.07, 6.45) is 0. The van der Waals surface area contributed by atoms with E-state index in [2.05, 4.69) is 10.1 Å². The maximum atomic E-state index is 13.9. The Morgan fingerprint density at radius 1 is 1.44 bits per heavy atom. The van der Waals surface area contributed by atoms with Gasteiger partial charge < -0.3 is 4.74 Å². The number of nitrogens with one attached hydrogen (secondary N) is 1. The van der Waals surface area contributed by atoms with Gasteiger partial charge in [0.15, 0.2) is 0 Å². The number of methoxy groups -OCH3 is 1. The van der Waals surface area contributed by atoms with E-state index in [1.807, 2.05) is 13.8 Å². The molecule has 1 aromatic rings. The summed E-state index contributed by atoms with van der Waals surface area (Å²) in [4.78, 5) is 11.6. The lowest BCUT2D eigenvalue weighted by atomic mass is 9.76. The molecule has 1 N–H and O–H groups in total. The molecule has 2 rings (SSSR count). The van der Waals surface area contributed by atoms with E-state index < -0.39 is 29.1 Å². The van der Waals surface area contributed by atoms with Crippen LogP contribution in [0.4, 0.5) is 8.78 Å². The maximum absolute atomic E-state index is 13.9. The summed E-state index contributed by atoms with van der Waals surface area (Å²) in [5.41, 5.74) is 0.186. The molecule has 0 fully saturated rings. The fourth-order valence-corrected chi connectivity index (χ4v) is 2.42. The highest BCUT2D eigenvalue weighted by molar-refractivity contribution is 5.79. The van der Waals surface area contributed by atoms with Crippen LogP contribution < -0.4 is 5.32 Å². The van der Waals surface area contributed by atoms with Crippen molar-refractivity contribution < 1.29 is 18.3 Å². The normalized spacial score (nSPS) is 21.3. The molecule has 0 aromatic heterocycles. The molecule has 0 amide bonds. The molecule has 3 nitrogen and oxygen atoms in total. The Bertz CT molecular complexity index is 500. The van der Waals surface area contributed by atoms with Crippen molar-refractivity contribution >= 4 is 5.97 Å². The minimum absolute atomic E-state index is 0.315. The van der Waals surface area contributed by atoms with Crippen LogP contribution in [-0.4, -0.2) is 19.6 Å². The summed E-state index contributed by atoms with van der Waals surface area (Å²) < 4.78 is 31.9. The highest BCUT2D eigenvalue weighted by Gasteiger charge is 2.38. The van der Waals surface area contributed by atoms with Crippen LogP contribution in [0.25, 0.3) is 0 Å². The minimum atomic E-state index is -0.816. The summed E-state index contributed by atoms with van der Waals surface area (Å²) in [6.45, 7) is 4.10. The number of halogens is 2. The summed E-state index contributed by atoms with van der Waals surface area (Å²) >= 11 is 0. The number of benzene rings is 1. The van der Waals surface area contributed by atoms with Gasteiger partial charge in [-0.3, -0.25) is 5.32 Å². The van der Waals surface area contributed by atoms with Gasteiger partial charge in [-0.1, -0.05) is 13.8 Å². The van der Waals surface area contributed by atoms with Crippen molar-refractivity contribution in [3.8, 4) is 0 Å². The number of esters is 1. The fraction of sp³-hybridized carbons (Fsp3) is 0.462. The molecular weight excluding hydrogens is 240 g/mol. The molecule has 5 heteroatoms. The fourth-order valence-electron chi connectivity index (χ4n) is 2.42. The molecule has 1 atom stereocenters. The second kappa shape index (κ2) is 4.31. The molecule has 1 aliphatic heterocycles. The van der Waals surface area contributed by atoms with Crippen LogP contribution in [0.3, 0.4) is 0 Å². The van der Waals surface area contributed by atoms with E-state index in [1.165, 1.54) is 13.2 Å². The Labute approximate surface area is 104 Å². The lowest BCUT2D eigenvalue weighted by Crippen LogP contribution is -2.45. The van der Waals surface area contributed by atoms with Crippen LogP contribution in [0, 0.1) is 11.6 Å². The first-order chi connectivity index (χ1) is 8.36. The van der Waals surface area contributed by atoms with E-state index in [4.69, 9.17) is 0 Å². The second-order valence-corrected chi connectivity index (χ2v) is 5.07. The van der Waals surface area contributed by atoms with E-state index in [9.17, 15) is 13.6 Å². The van der Waals surface area contributed by atoms with Gasteiger partial charge in [0, 0.05) is 23.6 Å². The average Bonchev–Trinajstić information content (AvgIpc) is 2.26. The smallest absolute Gasteiger partial charge is 0.327 e. The molecule has 0 saturated heterocycles. The summed E-state index contributed by atoms with van der Waals surface area (Å²) in [7, 11) is 1.25. The number of ether oxygens (including phenoxy) is 1. The zero-order chi connectivity index (χ0) is 13.5. The predicted octanol–water partition coefficient (Wildman–Crippen LogP) is 2.06. The first-order valence-electron chi connectivity index (χ1n) is 5.67. The van der Waals surface area contributed by atoms with E-state index >= 15 is 0 Å². The molecule has 1 unspecified atom stereocenters. The molecule has 0 saturated carbocycles. The van der Waals surface area contributed by atoms with Gasteiger partial charge in [-0.15, -0.1) is 0 Å². The van der Waals surface area contributed by atoms with Crippen molar-refractivity contribution in [2.75, 3.05) is 13.7 Å². The van der Waals surface area contributed by atoms with E-state index in [0.29, 0.717) is 17.7 Å². The molecule has 0 spiro atoms. The van der Waals surface area contributed by atoms with Gasteiger partial charge >= 0.3 is 5.97 Å². The highest BCUT2D eigenvalue weighted by atomic mass is 19.1. The van der Waals surface area contributed by atoms with Crippen LogP contribution >= 0.6 is 0 Å². The number of rotatable bonds is 1. The largest absolute Gasteiger partial charge is 0.468 e. The van der Waals surface area contributed by atoms with Crippen LogP contribution in [-0.2, 0) is 14.9 Å². The second-order valence-electron chi connectivity index (χ2n) is 5.07. The molecule has 18 heavy (non-hydrogen) atoms. The van der Waals surface area contributed by atoms with Crippen LogP contribution in [0.1, 0.15) is 31.0 Å². The summed E-state index contributed by atoms with van der Waals surface area (Å²) in [6, 6.07) is 1.22. The number of fused-ring (bicyclic) bond motifs is 1. The topological polar surface area (TPSA) is 38.3 Å². The van der Waals surface area contributed by atoms with Crippen molar-refractivity contribution in [2.45, 2.75) is 25.3 Å². The van der Waals surface area contributed by atoms with Crippen molar-refractivity contribution in [2.24, 2.45) is 0 Å². The Balaban J connectivity index is 2.62. The first-order valence-corrected chi connectivity index (χ1v) is 5.67. The van der Waals surface area contributed by atoms with E-state index in [1.54, 1.807) is 0 Å². The van der Waals surface area contributed by atoms with Gasteiger partial charge in [-0.05, 0) is 11.6 Å². The zero-order valence-electron chi connectivity index (χ0n) is 10.5. The Hall–Kier alpha value is -1.49. The van der Waals surface area contributed by atoms with Crippen LogP contribution in [0.5, 0.6) is 0 Å². The van der Waals surface area contributed by atoms with Gasteiger partial charge in [-0.25, -0.2) is 13.6 Å². The first kappa shape index (κ1) is 13.0. The van der Waals surface area contributed by atoms with Gasteiger partial charge in [0.25, 0.3) is 0 Å². The van der Waals surface area contributed by atoms with Gasteiger partial charge in [0.05, 0.1) is 7.11 Å². The zero-order valence-corrected chi connectivity index (χ0v) is 10.5. The van der Waals surface area contributed by atoms with Crippen molar-refractivity contribution in [1.82, 2.24) is 5.32 Å². The molecule has 1 heterocycles. The minimum Gasteiger partial charge on any atom is -0.468 e. The average molecular weight is 255 g/mol. The van der Waals surface area contributed by atoms with Gasteiger partial charge in [-0.2, -0.15) is 0 Å². The van der Waals surface area contributed by atoms with E-state index in [0.717, 1.165) is 6.07 Å².